The third-order valence-electron chi connectivity index (χ3n) is 7.47. The highest BCUT2D eigenvalue weighted by molar-refractivity contribution is 6.31. The molecule has 3 atom stereocenters. The number of halogens is 5. The molecule has 1 aromatic heterocycles. The number of nitrogens with one attached hydrogen (secondary N) is 2. The van der Waals surface area contributed by atoms with Crippen LogP contribution in [0.5, 0.6) is 5.88 Å². The summed E-state index contributed by atoms with van der Waals surface area (Å²) < 4.78 is 79.2. The number of hydrogen-bond donors (Lipinski definition) is 3. The number of fused-ring (bicyclic) bond motifs is 4. The number of urea groups is 1. The van der Waals surface area contributed by atoms with Crippen molar-refractivity contribution in [2.24, 2.45) is 5.92 Å². The van der Waals surface area contributed by atoms with Gasteiger partial charge in [-0.3, -0.25) is 4.90 Å². The molecule has 3 aromatic rings. The van der Waals surface area contributed by atoms with E-state index in [1.54, 1.807) is 12.0 Å². The molecular weight excluding hydrogens is 580 g/mol. The number of carbonyl (C=O) groups excluding carboxylic acids is 2. The lowest BCUT2D eigenvalue weighted by molar-refractivity contribution is -0.266. The summed E-state index contributed by atoms with van der Waals surface area (Å²) in [5, 5.41) is 16.8. The molecule has 2 amide bonds. The molecule has 3 heterocycles. The Bertz CT molecular complexity index is 1860. The van der Waals surface area contributed by atoms with Gasteiger partial charge in [-0.15, -0.1) is 0 Å². The molecule has 2 aromatic carbocycles. The summed E-state index contributed by atoms with van der Waals surface area (Å²) in [6.45, 7) is -3.64. The van der Waals surface area contributed by atoms with E-state index in [0.717, 1.165) is 18.2 Å². The van der Waals surface area contributed by atoms with Gasteiger partial charge in [0.15, 0.2) is 11.5 Å². The lowest BCUT2D eigenvalue weighted by atomic mass is 9.84. The second-order valence-electron chi connectivity index (χ2n) is 9.80. The molecular formula is C29H21ClF4N4O4. The van der Waals surface area contributed by atoms with Crippen LogP contribution >= 0.6 is 11.6 Å². The Hall–Kier alpha value is -4.38. The molecule has 3 N–H and O–H groups in total. The van der Waals surface area contributed by atoms with Gasteiger partial charge in [0.2, 0.25) is 5.88 Å². The van der Waals surface area contributed by atoms with Gasteiger partial charge in [-0.2, -0.15) is 13.2 Å². The molecule has 6 rings (SSSR count). The first-order chi connectivity index (χ1) is 20.7. The van der Waals surface area contributed by atoms with Crippen molar-refractivity contribution in [1.82, 2.24) is 15.2 Å². The number of benzene rings is 2. The molecule has 0 saturated carbocycles. The minimum atomic E-state index is -5.45. The molecule has 1 saturated heterocycles. The number of likely N-dealkylation sites (tertiary alicyclic amines) is 1. The van der Waals surface area contributed by atoms with Crippen LogP contribution in [-0.2, 0) is 4.79 Å². The van der Waals surface area contributed by atoms with Gasteiger partial charge in [0, 0.05) is 44.8 Å². The number of hydrogen-bond acceptors (Lipinski definition) is 6. The first-order valence-electron chi connectivity index (χ1n) is 13.5. The van der Waals surface area contributed by atoms with Crippen molar-refractivity contribution in [1.29, 1.82) is 0 Å². The van der Waals surface area contributed by atoms with Crippen molar-refractivity contribution in [2.45, 2.75) is 24.2 Å². The van der Waals surface area contributed by atoms with Gasteiger partial charge in [-0.1, -0.05) is 23.8 Å². The molecule has 2 aliphatic heterocycles. The monoisotopic (exact) mass is 602 g/mol. The fourth-order valence-corrected chi connectivity index (χ4v) is 5.77. The zero-order chi connectivity index (χ0) is 31.8. The van der Waals surface area contributed by atoms with Gasteiger partial charge in [0.25, 0.3) is 0 Å². The number of anilines is 1. The smallest absolute Gasteiger partial charge is 0.419 e. The Labute approximate surface area is 243 Å². The fourth-order valence-electron chi connectivity index (χ4n) is 5.54. The number of nitrogens with zero attached hydrogens (tertiary/aromatic N) is 2. The summed E-state index contributed by atoms with van der Waals surface area (Å²) in [6.07, 6.45) is -1.99. The van der Waals surface area contributed by atoms with E-state index in [4.69, 9.17) is 19.1 Å². The fraction of sp³-hybridized carbons (Fsp3) is 0.241. The quantitative estimate of drug-likeness (QED) is 0.270. The lowest BCUT2D eigenvalue weighted by Gasteiger charge is -2.30. The van der Waals surface area contributed by atoms with E-state index in [9.17, 15) is 32.3 Å². The van der Waals surface area contributed by atoms with E-state index < -0.39 is 42.1 Å². The topological polar surface area (TPSA) is 104 Å². The Morgan fingerprint density at radius 1 is 1.33 bits per heavy atom. The first kappa shape index (κ1) is 25.3. The number of rotatable bonds is 3. The van der Waals surface area contributed by atoms with Crippen LogP contribution in [0.2, 0.25) is 5.02 Å². The van der Waals surface area contributed by atoms with Crippen molar-refractivity contribution in [3.63, 3.8) is 0 Å². The van der Waals surface area contributed by atoms with E-state index in [1.165, 1.54) is 37.5 Å². The summed E-state index contributed by atoms with van der Waals surface area (Å²) in [4.78, 5) is 30.6. The van der Waals surface area contributed by atoms with Gasteiger partial charge >= 0.3 is 12.2 Å². The van der Waals surface area contributed by atoms with Crippen molar-refractivity contribution in [3.8, 4) is 5.88 Å². The molecule has 8 nitrogen and oxygen atoms in total. The molecule has 0 bridgehead atoms. The van der Waals surface area contributed by atoms with Crippen LogP contribution in [0.15, 0.2) is 60.3 Å². The zero-order valence-electron chi connectivity index (χ0n) is 23.5. The van der Waals surface area contributed by atoms with E-state index in [0.29, 0.717) is 5.39 Å². The third kappa shape index (κ3) is 4.22. The Kier molecular flexibility index (Phi) is 5.95. The van der Waals surface area contributed by atoms with Crippen LogP contribution in [0.1, 0.15) is 31.9 Å². The molecule has 1 aliphatic carbocycles. The van der Waals surface area contributed by atoms with Gasteiger partial charge in [-0.05, 0) is 42.8 Å². The predicted octanol–water partition coefficient (Wildman–Crippen LogP) is 5.50. The number of methoxy groups -OCH3 is 1. The Morgan fingerprint density at radius 2 is 2.12 bits per heavy atom. The highest BCUT2D eigenvalue weighted by atomic mass is 35.5. The van der Waals surface area contributed by atoms with Crippen molar-refractivity contribution in [3.05, 3.63) is 87.9 Å². The number of allylic oxidation sites excluding steroid dienone is 3. The van der Waals surface area contributed by atoms with E-state index in [-0.39, 0.29) is 61.5 Å². The van der Waals surface area contributed by atoms with Gasteiger partial charge in [0.05, 0.1) is 33.6 Å². The second-order valence-corrected chi connectivity index (χ2v) is 10.2. The minimum absolute atomic E-state index is 0.0958. The van der Waals surface area contributed by atoms with Gasteiger partial charge in [-0.25, -0.2) is 19.0 Å². The molecule has 42 heavy (non-hydrogen) atoms. The number of carbonyl (C=O) groups is 1. The molecule has 216 valence electrons. The average Bonchev–Trinajstić information content (AvgIpc) is 3.45. The van der Waals surface area contributed by atoms with Crippen LogP contribution in [0.3, 0.4) is 0 Å². The van der Waals surface area contributed by atoms with Crippen LogP contribution < -0.4 is 15.4 Å². The lowest BCUT2D eigenvalue weighted by Crippen LogP contribution is -2.52. The first-order valence-corrected chi connectivity index (χ1v) is 12.9. The number of β-amino-alcohol motifs (C(OH)–C–C–N with tert-alkyl or cyclic N) is 1. The SMILES string of the molecule is [2H]C1([2H])N(C(=O)Nc2cc3nc(OC)ccc3c3c2C(c2cc(F)ccc2Cl)NC3=C=O)C2=CC=CCC2C1(O)C(F)(F)F. The maximum Gasteiger partial charge on any atom is 0.419 e. The Morgan fingerprint density at radius 3 is 2.83 bits per heavy atom. The van der Waals surface area contributed by atoms with Crippen LogP contribution in [0.4, 0.5) is 28.0 Å². The molecule has 1 fully saturated rings. The highest BCUT2D eigenvalue weighted by Gasteiger charge is 2.65. The standard InChI is InChI=1S/C29H21ClF4N4O4/c1-42-23-9-7-15-19(35-23)11-20(25-24(15)21(12-39)36-26(25)16-10-14(31)6-8-18(16)30)37-27(40)38-13-28(41,29(32,33)34)17-4-2-3-5-22(17)38/h2-3,5-11,17,26,36,41H,4,13H2,1H3,(H,37,40)/i13D2. The number of alkyl halides is 3. The number of aromatic nitrogens is 1. The van der Waals surface area contributed by atoms with Crippen LogP contribution in [-0.4, -0.2) is 52.3 Å². The maximum absolute atomic E-state index is 14.4. The molecule has 13 heteroatoms. The van der Waals surface area contributed by atoms with Crippen molar-refractivity contribution >= 4 is 45.9 Å². The number of pyridine rings is 1. The number of ether oxygens (including phenoxy) is 1. The largest absolute Gasteiger partial charge is 0.481 e. The van der Waals surface area contributed by atoms with Gasteiger partial charge in [0.1, 0.15) is 11.5 Å². The summed E-state index contributed by atoms with van der Waals surface area (Å²) in [6, 6.07) is 5.60. The average molecular weight is 603 g/mol. The third-order valence-corrected chi connectivity index (χ3v) is 7.81. The number of amides is 2. The highest BCUT2D eigenvalue weighted by Crippen LogP contribution is 2.50. The predicted molar refractivity (Wildman–Crippen MR) is 146 cm³/mol. The molecule has 0 spiro atoms. The summed E-state index contributed by atoms with van der Waals surface area (Å²) in [5.74, 6) is -0.520. The van der Waals surface area contributed by atoms with Crippen LogP contribution in [0.25, 0.3) is 16.6 Å². The van der Waals surface area contributed by atoms with Crippen molar-refractivity contribution in [2.75, 3.05) is 18.9 Å². The molecule has 0 radical (unpaired) electrons. The number of aliphatic hydroxyl groups is 1. The summed E-state index contributed by atoms with van der Waals surface area (Å²) >= 11 is 6.40. The van der Waals surface area contributed by atoms with Crippen LogP contribution in [0, 0.1) is 11.7 Å². The molecule has 3 unspecified atom stereocenters. The maximum atomic E-state index is 14.4. The van der Waals surface area contributed by atoms with Gasteiger partial charge < -0.3 is 20.5 Å². The van der Waals surface area contributed by atoms with E-state index in [2.05, 4.69) is 15.6 Å². The van der Waals surface area contributed by atoms with E-state index in [1.807, 2.05) is 0 Å². The Balaban J connectivity index is 1.56. The summed E-state index contributed by atoms with van der Waals surface area (Å²) in [5.41, 5.74) is -3.80. The zero-order valence-corrected chi connectivity index (χ0v) is 22.3. The minimum Gasteiger partial charge on any atom is -0.481 e. The normalized spacial score (nSPS) is 24.7. The second kappa shape index (κ2) is 9.87. The molecule has 3 aliphatic rings. The van der Waals surface area contributed by atoms with E-state index >= 15 is 0 Å². The van der Waals surface area contributed by atoms with Crippen molar-refractivity contribution < 1.29 is 39.7 Å². The summed E-state index contributed by atoms with van der Waals surface area (Å²) in [7, 11) is 1.37.